The van der Waals surface area contributed by atoms with Crippen LogP contribution in [-0.2, 0) is 23.1 Å². The Hall–Kier alpha value is -2.09. The fourth-order valence-corrected chi connectivity index (χ4v) is 3.95. The standard InChI is InChI=1S/C19H32N6O2/c1-14-17(15(2)23(4)22-14)13-21-19(20-3)25-7-5-16(6-8-25)18(26)24-9-11-27-12-10-24/h16H,5-13H2,1-4H3,(H,20,21). The Morgan fingerprint density at radius 3 is 2.41 bits per heavy atom. The second kappa shape index (κ2) is 8.73. The van der Waals surface area contributed by atoms with Crippen molar-refractivity contribution in [3.05, 3.63) is 17.0 Å². The molecule has 3 rings (SSSR count). The van der Waals surface area contributed by atoms with Crippen LogP contribution >= 0.6 is 0 Å². The van der Waals surface area contributed by atoms with Crippen LogP contribution in [0.1, 0.15) is 29.8 Å². The van der Waals surface area contributed by atoms with Gasteiger partial charge in [0.05, 0.1) is 18.9 Å². The number of aromatic nitrogens is 2. The van der Waals surface area contributed by atoms with Gasteiger partial charge in [-0.2, -0.15) is 5.10 Å². The fourth-order valence-electron chi connectivity index (χ4n) is 3.95. The SMILES string of the molecule is CN=C(NCc1c(C)nn(C)c1C)N1CCC(C(=O)N2CCOCC2)CC1. The van der Waals surface area contributed by atoms with Crippen molar-refractivity contribution < 1.29 is 9.53 Å². The number of hydrogen-bond donors (Lipinski definition) is 1. The van der Waals surface area contributed by atoms with Crippen LogP contribution < -0.4 is 5.32 Å². The number of likely N-dealkylation sites (tertiary alicyclic amines) is 1. The van der Waals surface area contributed by atoms with Crippen LogP contribution in [0.5, 0.6) is 0 Å². The van der Waals surface area contributed by atoms with E-state index in [0.29, 0.717) is 25.7 Å². The predicted octanol–water partition coefficient (Wildman–Crippen LogP) is 0.683. The Morgan fingerprint density at radius 1 is 1.19 bits per heavy atom. The van der Waals surface area contributed by atoms with Crippen molar-refractivity contribution in [3.63, 3.8) is 0 Å². The number of nitrogens with zero attached hydrogens (tertiary/aromatic N) is 5. The van der Waals surface area contributed by atoms with Gasteiger partial charge >= 0.3 is 0 Å². The van der Waals surface area contributed by atoms with E-state index in [1.54, 1.807) is 0 Å². The van der Waals surface area contributed by atoms with Crippen molar-refractivity contribution in [2.45, 2.75) is 33.2 Å². The first-order valence-electron chi connectivity index (χ1n) is 9.82. The van der Waals surface area contributed by atoms with Crippen molar-refractivity contribution in [2.24, 2.45) is 18.0 Å². The number of guanidine groups is 1. The maximum absolute atomic E-state index is 12.7. The topological polar surface area (TPSA) is 75.0 Å². The number of aryl methyl sites for hydroxylation is 2. The van der Waals surface area contributed by atoms with Crippen molar-refractivity contribution in [3.8, 4) is 0 Å². The lowest BCUT2D eigenvalue weighted by Crippen LogP contribution is -2.49. The van der Waals surface area contributed by atoms with Crippen LogP contribution in [0.15, 0.2) is 4.99 Å². The van der Waals surface area contributed by atoms with Gasteiger partial charge in [0.15, 0.2) is 5.96 Å². The van der Waals surface area contributed by atoms with E-state index in [0.717, 1.165) is 50.7 Å². The van der Waals surface area contributed by atoms with Crippen LogP contribution in [0.2, 0.25) is 0 Å². The van der Waals surface area contributed by atoms with E-state index in [2.05, 4.69) is 27.2 Å². The summed E-state index contributed by atoms with van der Waals surface area (Å²) in [6.45, 7) is 9.32. The Balaban J connectivity index is 1.52. The maximum atomic E-state index is 12.7. The van der Waals surface area contributed by atoms with E-state index in [9.17, 15) is 4.79 Å². The van der Waals surface area contributed by atoms with Crippen molar-refractivity contribution in [1.82, 2.24) is 24.9 Å². The molecule has 3 heterocycles. The lowest BCUT2D eigenvalue weighted by atomic mass is 9.95. The Morgan fingerprint density at radius 2 is 1.85 bits per heavy atom. The monoisotopic (exact) mass is 376 g/mol. The van der Waals surface area contributed by atoms with Crippen molar-refractivity contribution in [1.29, 1.82) is 0 Å². The number of morpholine rings is 1. The molecule has 0 bridgehead atoms. The third kappa shape index (κ3) is 4.43. The molecule has 8 nitrogen and oxygen atoms in total. The zero-order valence-electron chi connectivity index (χ0n) is 17.0. The van der Waals surface area contributed by atoms with E-state index >= 15 is 0 Å². The minimum atomic E-state index is 0.125. The molecule has 0 aliphatic carbocycles. The van der Waals surface area contributed by atoms with Gasteiger partial charge in [0, 0.05) is 64.0 Å². The molecule has 150 valence electrons. The van der Waals surface area contributed by atoms with Gasteiger partial charge in [-0.05, 0) is 26.7 Å². The van der Waals surface area contributed by atoms with Gasteiger partial charge in [0.2, 0.25) is 5.91 Å². The first-order chi connectivity index (χ1) is 13.0. The molecule has 1 amide bonds. The molecule has 2 fully saturated rings. The van der Waals surface area contributed by atoms with Crippen molar-refractivity contribution in [2.75, 3.05) is 46.4 Å². The number of piperidine rings is 1. The highest BCUT2D eigenvalue weighted by Crippen LogP contribution is 2.21. The quantitative estimate of drug-likeness (QED) is 0.620. The molecule has 0 saturated carbocycles. The van der Waals surface area contributed by atoms with Crippen LogP contribution in [0, 0.1) is 19.8 Å². The van der Waals surface area contributed by atoms with Gasteiger partial charge in [-0.3, -0.25) is 14.5 Å². The first-order valence-corrected chi connectivity index (χ1v) is 9.82. The first kappa shape index (κ1) is 19.7. The Bertz CT molecular complexity index is 685. The summed E-state index contributed by atoms with van der Waals surface area (Å²) >= 11 is 0. The lowest BCUT2D eigenvalue weighted by Gasteiger charge is -2.36. The number of nitrogens with one attached hydrogen (secondary N) is 1. The van der Waals surface area contributed by atoms with E-state index in [-0.39, 0.29) is 5.92 Å². The third-order valence-electron chi connectivity index (χ3n) is 5.76. The molecule has 0 aromatic carbocycles. The molecule has 27 heavy (non-hydrogen) atoms. The van der Waals surface area contributed by atoms with E-state index in [4.69, 9.17) is 4.74 Å². The van der Waals surface area contributed by atoms with Gasteiger partial charge < -0.3 is 19.9 Å². The molecule has 2 saturated heterocycles. The second-order valence-electron chi connectivity index (χ2n) is 7.37. The van der Waals surface area contributed by atoms with Crippen molar-refractivity contribution >= 4 is 11.9 Å². The zero-order valence-corrected chi connectivity index (χ0v) is 17.0. The molecule has 1 aromatic rings. The summed E-state index contributed by atoms with van der Waals surface area (Å²) in [7, 11) is 3.78. The summed E-state index contributed by atoms with van der Waals surface area (Å²) in [5, 5.41) is 7.94. The number of hydrogen-bond acceptors (Lipinski definition) is 4. The fraction of sp³-hybridized carbons (Fsp3) is 0.737. The van der Waals surface area contributed by atoms with Crippen LogP contribution in [0.25, 0.3) is 0 Å². The van der Waals surface area contributed by atoms with Gasteiger partial charge in [0.1, 0.15) is 0 Å². The van der Waals surface area contributed by atoms with Gasteiger partial charge in [-0.1, -0.05) is 0 Å². The highest BCUT2D eigenvalue weighted by Gasteiger charge is 2.30. The van der Waals surface area contributed by atoms with Crippen LogP contribution in [-0.4, -0.2) is 77.9 Å². The molecule has 2 aliphatic rings. The minimum absolute atomic E-state index is 0.125. The summed E-state index contributed by atoms with van der Waals surface area (Å²) < 4.78 is 7.26. The molecule has 0 radical (unpaired) electrons. The average Bonchev–Trinajstić information content (AvgIpc) is 2.95. The second-order valence-corrected chi connectivity index (χ2v) is 7.37. The lowest BCUT2D eigenvalue weighted by molar-refractivity contribution is -0.140. The summed E-state index contributed by atoms with van der Waals surface area (Å²) in [5.74, 6) is 1.32. The number of carbonyl (C=O) groups is 1. The molecule has 0 spiro atoms. The number of amides is 1. The number of ether oxygens (including phenoxy) is 1. The molecule has 1 N–H and O–H groups in total. The number of aliphatic imine (C=N–C) groups is 1. The molecular weight excluding hydrogens is 344 g/mol. The average molecular weight is 377 g/mol. The van der Waals surface area contributed by atoms with Crippen LogP contribution in [0.3, 0.4) is 0 Å². The Labute approximate surface area is 161 Å². The largest absolute Gasteiger partial charge is 0.378 e. The van der Waals surface area contributed by atoms with Crippen LogP contribution in [0.4, 0.5) is 0 Å². The molecule has 0 unspecified atom stereocenters. The number of carbonyl (C=O) groups excluding carboxylic acids is 1. The van der Waals surface area contributed by atoms with Gasteiger partial charge in [-0.25, -0.2) is 0 Å². The minimum Gasteiger partial charge on any atom is -0.378 e. The zero-order chi connectivity index (χ0) is 19.4. The summed E-state index contributed by atoms with van der Waals surface area (Å²) in [4.78, 5) is 21.3. The summed E-state index contributed by atoms with van der Waals surface area (Å²) in [5.41, 5.74) is 3.44. The van der Waals surface area contributed by atoms with Gasteiger partial charge in [-0.15, -0.1) is 0 Å². The highest BCUT2D eigenvalue weighted by molar-refractivity contribution is 5.81. The summed E-state index contributed by atoms with van der Waals surface area (Å²) in [6, 6.07) is 0. The molecule has 8 heteroatoms. The molecule has 1 aromatic heterocycles. The Kier molecular flexibility index (Phi) is 6.36. The molecule has 2 aliphatic heterocycles. The molecule has 0 atom stereocenters. The smallest absolute Gasteiger partial charge is 0.225 e. The normalized spacial score (nSPS) is 19.5. The summed E-state index contributed by atoms with van der Waals surface area (Å²) in [6.07, 6.45) is 1.75. The van der Waals surface area contributed by atoms with E-state index in [1.165, 1.54) is 11.3 Å². The molecular formula is C19H32N6O2. The van der Waals surface area contributed by atoms with E-state index < -0.39 is 0 Å². The number of rotatable bonds is 3. The maximum Gasteiger partial charge on any atom is 0.225 e. The third-order valence-corrected chi connectivity index (χ3v) is 5.76. The van der Waals surface area contributed by atoms with Gasteiger partial charge in [0.25, 0.3) is 0 Å². The predicted molar refractivity (Wildman–Crippen MR) is 105 cm³/mol. The van der Waals surface area contributed by atoms with E-state index in [1.807, 2.05) is 30.6 Å². The highest BCUT2D eigenvalue weighted by atomic mass is 16.5.